The number of hydrogen-bond acceptors (Lipinski definition) is 5. The highest BCUT2D eigenvalue weighted by Gasteiger charge is 2.22. The summed E-state index contributed by atoms with van der Waals surface area (Å²) in [5, 5.41) is 11.8. The molecular weight excluding hydrogens is 362 g/mol. The van der Waals surface area contributed by atoms with Crippen molar-refractivity contribution < 1.29 is 4.79 Å². The van der Waals surface area contributed by atoms with Crippen LogP contribution in [0.3, 0.4) is 0 Å². The van der Waals surface area contributed by atoms with Crippen molar-refractivity contribution in [2.45, 2.75) is 13.5 Å². The van der Waals surface area contributed by atoms with Gasteiger partial charge in [-0.05, 0) is 36.1 Å². The molecule has 0 N–H and O–H groups in total. The zero-order valence-corrected chi connectivity index (χ0v) is 15.9. The first-order valence-corrected chi connectivity index (χ1v) is 9.72. The van der Waals surface area contributed by atoms with Crippen LogP contribution in [0.25, 0.3) is 9.88 Å². The van der Waals surface area contributed by atoms with Crippen molar-refractivity contribution in [3.8, 4) is 16.0 Å². The molecule has 0 fully saturated rings. The van der Waals surface area contributed by atoms with Gasteiger partial charge in [0.2, 0.25) is 0 Å². The highest BCUT2D eigenvalue weighted by molar-refractivity contribution is 7.22. The van der Waals surface area contributed by atoms with Crippen LogP contribution in [0.4, 0.5) is 0 Å². The van der Waals surface area contributed by atoms with Crippen LogP contribution in [-0.2, 0) is 6.54 Å². The zero-order chi connectivity index (χ0) is 18.5. The van der Waals surface area contributed by atoms with Crippen LogP contribution < -0.4 is 0 Å². The number of benzene rings is 1. The number of nitriles is 1. The zero-order valence-electron chi connectivity index (χ0n) is 14.3. The molecule has 6 heteroatoms. The highest BCUT2D eigenvalue weighted by Crippen LogP contribution is 2.31. The van der Waals surface area contributed by atoms with Gasteiger partial charge in [-0.25, -0.2) is 4.98 Å². The molecule has 0 unspecified atom stereocenters. The summed E-state index contributed by atoms with van der Waals surface area (Å²) in [6, 6.07) is 13.4. The van der Waals surface area contributed by atoms with Crippen molar-refractivity contribution in [2.75, 3.05) is 6.54 Å². The standard InChI is InChI=1S/C20H17N3OS2/c1-3-10-23(13-16-8-6-15(12-21)7-9-16)20(24)18-14(2)22-19(26-18)17-5-4-11-25-17/h3-9,11H,1,10,13H2,2H3. The molecule has 130 valence electrons. The van der Waals surface area contributed by atoms with Gasteiger partial charge in [-0.3, -0.25) is 4.79 Å². The molecule has 1 amide bonds. The third kappa shape index (κ3) is 3.90. The Hall–Kier alpha value is -2.75. The normalized spacial score (nSPS) is 10.3. The third-order valence-electron chi connectivity index (χ3n) is 3.82. The first-order chi connectivity index (χ1) is 12.6. The lowest BCUT2D eigenvalue weighted by molar-refractivity contribution is 0.0766. The molecule has 26 heavy (non-hydrogen) atoms. The molecule has 3 aromatic rings. The van der Waals surface area contributed by atoms with Crippen molar-refractivity contribution >= 4 is 28.6 Å². The fourth-order valence-corrected chi connectivity index (χ4v) is 4.36. The second-order valence-electron chi connectivity index (χ2n) is 5.69. The molecule has 4 nitrogen and oxygen atoms in total. The Morgan fingerprint density at radius 2 is 2.12 bits per heavy atom. The van der Waals surface area contributed by atoms with E-state index in [2.05, 4.69) is 17.6 Å². The van der Waals surface area contributed by atoms with Gasteiger partial charge < -0.3 is 4.90 Å². The lowest BCUT2D eigenvalue weighted by Gasteiger charge is -2.20. The molecule has 0 saturated heterocycles. The van der Waals surface area contributed by atoms with E-state index in [0.717, 1.165) is 21.1 Å². The fourth-order valence-electron chi connectivity index (χ4n) is 2.52. The molecule has 0 saturated carbocycles. The van der Waals surface area contributed by atoms with Crippen molar-refractivity contribution in [3.63, 3.8) is 0 Å². The minimum atomic E-state index is -0.0490. The number of aryl methyl sites for hydroxylation is 1. The third-order valence-corrected chi connectivity index (χ3v) is 6.00. The van der Waals surface area contributed by atoms with Crippen LogP contribution in [0.2, 0.25) is 0 Å². The van der Waals surface area contributed by atoms with E-state index in [-0.39, 0.29) is 5.91 Å². The van der Waals surface area contributed by atoms with E-state index in [1.165, 1.54) is 11.3 Å². The molecule has 2 heterocycles. The molecule has 0 aliphatic carbocycles. The van der Waals surface area contributed by atoms with Crippen molar-refractivity contribution in [1.82, 2.24) is 9.88 Å². The molecule has 1 aromatic carbocycles. The van der Waals surface area contributed by atoms with Crippen LogP contribution in [0.15, 0.2) is 54.4 Å². The van der Waals surface area contributed by atoms with Crippen molar-refractivity contribution in [1.29, 1.82) is 5.26 Å². The predicted octanol–water partition coefficient (Wildman–Crippen LogP) is 4.88. The summed E-state index contributed by atoms with van der Waals surface area (Å²) in [6.45, 7) is 6.55. The second-order valence-corrected chi connectivity index (χ2v) is 7.64. The van der Waals surface area contributed by atoms with E-state index < -0.39 is 0 Å². The van der Waals surface area contributed by atoms with Crippen LogP contribution >= 0.6 is 22.7 Å². The molecule has 0 radical (unpaired) electrons. The molecular formula is C20H17N3OS2. The van der Waals surface area contributed by atoms with E-state index in [1.54, 1.807) is 34.4 Å². The van der Waals surface area contributed by atoms with Crippen LogP contribution in [-0.4, -0.2) is 22.3 Å². The number of aromatic nitrogens is 1. The Morgan fingerprint density at radius 3 is 2.73 bits per heavy atom. The van der Waals surface area contributed by atoms with Gasteiger partial charge in [-0.2, -0.15) is 5.26 Å². The Bertz CT molecular complexity index is 950. The number of amides is 1. The van der Waals surface area contributed by atoms with Gasteiger partial charge in [-0.15, -0.1) is 29.3 Å². The van der Waals surface area contributed by atoms with Crippen LogP contribution in [0, 0.1) is 18.3 Å². The number of carbonyl (C=O) groups is 1. The summed E-state index contributed by atoms with van der Waals surface area (Å²) in [5.74, 6) is -0.0490. The highest BCUT2D eigenvalue weighted by atomic mass is 32.1. The average Bonchev–Trinajstić information content (AvgIpc) is 3.31. The topological polar surface area (TPSA) is 57.0 Å². The Labute approximate surface area is 160 Å². The number of rotatable bonds is 6. The molecule has 3 rings (SSSR count). The molecule has 0 spiro atoms. The summed E-state index contributed by atoms with van der Waals surface area (Å²) >= 11 is 3.04. The smallest absolute Gasteiger partial charge is 0.266 e. The first-order valence-electron chi connectivity index (χ1n) is 8.03. The number of nitrogens with zero attached hydrogens (tertiary/aromatic N) is 3. The van der Waals surface area contributed by atoms with Gasteiger partial charge in [0.1, 0.15) is 9.88 Å². The summed E-state index contributed by atoms with van der Waals surface area (Å²) in [4.78, 5) is 21.1. The maximum absolute atomic E-state index is 13.1. The molecule has 0 atom stereocenters. The van der Waals surface area contributed by atoms with Gasteiger partial charge in [0.15, 0.2) is 0 Å². The van der Waals surface area contributed by atoms with E-state index in [9.17, 15) is 4.79 Å². The number of thiophene rings is 1. The largest absolute Gasteiger partial charge is 0.330 e. The molecule has 0 bridgehead atoms. The van der Waals surface area contributed by atoms with Gasteiger partial charge in [0.25, 0.3) is 5.91 Å². The van der Waals surface area contributed by atoms with E-state index in [1.807, 2.05) is 36.6 Å². The fraction of sp³-hybridized carbons (Fsp3) is 0.150. The lowest BCUT2D eigenvalue weighted by Crippen LogP contribution is -2.30. The predicted molar refractivity (Wildman–Crippen MR) is 106 cm³/mol. The maximum atomic E-state index is 13.1. The Morgan fingerprint density at radius 1 is 1.35 bits per heavy atom. The van der Waals surface area contributed by atoms with Gasteiger partial charge in [0.05, 0.1) is 22.2 Å². The minimum Gasteiger partial charge on any atom is -0.330 e. The second kappa shape index (κ2) is 8.09. The average molecular weight is 380 g/mol. The number of hydrogen-bond donors (Lipinski definition) is 0. The van der Waals surface area contributed by atoms with Crippen LogP contribution in [0.1, 0.15) is 26.5 Å². The Kier molecular flexibility index (Phi) is 5.61. The first kappa shape index (κ1) is 18.1. The van der Waals surface area contributed by atoms with Crippen LogP contribution in [0.5, 0.6) is 0 Å². The monoisotopic (exact) mass is 379 g/mol. The van der Waals surface area contributed by atoms with Crippen molar-refractivity contribution in [3.05, 3.63) is 76.1 Å². The number of thiazole rings is 1. The molecule has 0 aliphatic heterocycles. The minimum absolute atomic E-state index is 0.0490. The summed E-state index contributed by atoms with van der Waals surface area (Å²) in [6.07, 6.45) is 1.72. The summed E-state index contributed by atoms with van der Waals surface area (Å²) < 4.78 is 0. The summed E-state index contributed by atoms with van der Waals surface area (Å²) in [7, 11) is 0. The number of carbonyl (C=O) groups excluding carboxylic acids is 1. The van der Waals surface area contributed by atoms with Gasteiger partial charge >= 0.3 is 0 Å². The summed E-state index contributed by atoms with van der Waals surface area (Å²) in [5.41, 5.74) is 2.33. The van der Waals surface area contributed by atoms with E-state index in [0.29, 0.717) is 23.5 Å². The quantitative estimate of drug-likeness (QED) is 0.574. The maximum Gasteiger partial charge on any atom is 0.266 e. The SMILES string of the molecule is C=CCN(Cc1ccc(C#N)cc1)C(=O)c1sc(-c2cccs2)nc1C. The lowest BCUT2D eigenvalue weighted by atomic mass is 10.1. The van der Waals surface area contributed by atoms with E-state index in [4.69, 9.17) is 5.26 Å². The van der Waals surface area contributed by atoms with Gasteiger partial charge in [-0.1, -0.05) is 24.3 Å². The Balaban J connectivity index is 1.84. The van der Waals surface area contributed by atoms with E-state index >= 15 is 0 Å². The molecule has 0 aliphatic rings. The molecule has 2 aromatic heterocycles. The van der Waals surface area contributed by atoms with Crippen molar-refractivity contribution in [2.24, 2.45) is 0 Å². The van der Waals surface area contributed by atoms with Gasteiger partial charge in [0, 0.05) is 13.1 Å².